The van der Waals surface area contributed by atoms with Crippen molar-refractivity contribution in [1.29, 1.82) is 0 Å². The minimum Gasteiger partial charge on any atom is -0.508 e. The third-order valence-electron chi connectivity index (χ3n) is 4.87. The Morgan fingerprint density at radius 1 is 1.07 bits per heavy atom. The van der Waals surface area contributed by atoms with E-state index in [0.29, 0.717) is 25.7 Å². The number of phenols is 1. The second-order valence-electron chi connectivity index (χ2n) is 7.53. The first-order chi connectivity index (χ1) is 13.0. The molecule has 1 saturated carbocycles. The van der Waals surface area contributed by atoms with Gasteiger partial charge in [-0.2, -0.15) is 0 Å². The Hall–Kier alpha value is -2.16. The number of nitrogens with zero attached hydrogens (tertiary/aromatic N) is 1. The van der Waals surface area contributed by atoms with Crippen molar-refractivity contribution in [2.45, 2.75) is 56.1 Å². The molecule has 0 heterocycles. The smallest absolute Gasteiger partial charge is 0.303 e. The van der Waals surface area contributed by atoms with Crippen LogP contribution in [0.4, 0.5) is 0 Å². The van der Waals surface area contributed by atoms with Crippen molar-refractivity contribution >= 4 is 11.9 Å². The first-order valence-electron chi connectivity index (χ1n) is 9.31. The second-order valence-corrected chi connectivity index (χ2v) is 7.53. The van der Waals surface area contributed by atoms with Crippen molar-refractivity contribution in [3.8, 4) is 5.75 Å². The lowest BCUT2D eigenvalue weighted by Crippen LogP contribution is -2.45. The highest BCUT2D eigenvalue weighted by atomic mass is 16.4. The maximum Gasteiger partial charge on any atom is 0.303 e. The summed E-state index contributed by atoms with van der Waals surface area (Å²) in [6, 6.07) is 7.09. The Morgan fingerprint density at radius 3 is 1.93 bits per heavy atom. The van der Waals surface area contributed by atoms with Crippen LogP contribution in [0, 0.1) is 0 Å². The zero-order valence-corrected chi connectivity index (χ0v) is 16.4. The van der Waals surface area contributed by atoms with Crippen LogP contribution in [0.15, 0.2) is 24.3 Å². The van der Waals surface area contributed by atoms with Crippen LogP contribution in [0.2, 0.25) is 0 Å². The van der Waals surface area contributed by atoms with Gasteiger partial charge in [-0.05, 0) is 57.5 Å². The van der Waals surface area contributed by atoms with Crippen molar-refractivity contribution in [1.82, 2.24) is 4.90 Å². The molecule has 0 amide bonds. The number of phenolic OH excluding ortho intramolecular Hbond substituents is 1. The molecule has 1 aromatic carbocycles. The molecular formula is C20H31NO7. The summed E-state index contributed by atoms with van der Waals surface area (Å²) in [5.41, 5.74) is 0.260. The zero-order valence-electron chi connectivity index (χ0n) is 16.4. The average Bonchev–Trinajstić information content (AvgIpc) is 2.62. The van der Waals surface area contributed by atoms with Crippen LogP contribution in [0.1, 0.15) is 50.0 Å². The van der Waals surface area contributed by atoms with Crippen LogP contribution in [0.25, 0.3) is 0 Å². The first-order valence-corrected chi connectivity index (χ1v) is 9.31. The van der Waals surface area contributed by atoms with Gasteiger partial charge >= 0.3 is 11.9 Å². The van der Waals surface area contributed by atoms with E-state index >= 15 is 0 Å². The van der Waals surface area contributed by atoms with Gasteiger partial charge in [0.25, 0.3) is 0 Å². The summed E-state index contributed by atoms with van der Waals surface area (Å²) in [6.45, 7) is 0.747. The SMILES string of the molecule is CN(C)CC(c1ccc(O)cc1)C1(O)CCC(O)CC1.O=C(O)CCC(=O)O. The lowest BCUT2D eigenvalue weighted by Gasteiger charge is -2.42. The van der Waals surface area contributed by atoms with Gasteiger partial charge in [0.15, 0.2) is 0 Å². The van der Waals surface area contributed by atoms with Gasteiger partial charge in [-0.25, -0.2) is 0 Å². The third-order valence-corrected chi connectivity index (χ3v) is 4.87. The van der Waals surface area contributed by atoms with Crippen LogP contribution in [-0.4, -0.2) is 74.7 Å². The minimum absolute atomic E-state index is 0.00870. The molecule has 1 aromatic rings. The first kappa shape index (κ1) is 23.9. The number of hydrogen-bond donors (Lipinski definition) is 5. The molecule has 1 aliphatic rings. The van der Waals surface area contributed by atoms with Gasteiger partial charge in [0.1, 0.15) is 5.75 Å². The fourth-order valence-corrected chi connectivity index (χ4v) is 3.32. The van der Waals surface area contributed by atoms with Crippen LogP contribution in [0.5, 0.6) is 5.75 Å². The topological polar surface area (TPSA) is 139 Å². The molecule has 1 fully saturated rings. The molecular weight excluding hydrogens is 366 g/mol. The quantitative estimate of drug-likeness (QED) is 0.468. The molecule has 8 heteroatoms. The monoisotopic (exact) mass is 397 g/mol. The summed E-state index contributed by atoms with van der Waals surface area (Å²) in [4.78, 5) is 21.4. The number of benzene rings is 1. The van der Waals surface area contributed by atoms with Crippen molar-refractivity contribution in [2.24, 2.45) is 0 Å². The highest BCUT2D eigenvalue weighted by Gasteiger charge is 2.40. The largest absolute Gasteiger partial charge is 0.508 e. The number of aromatic hydroxyl groups is 1. The molecule has 0 aliphatic heterocycles. The molecule has 0 radical (unpaired) electrons. The van der Waals surface area contributed by atoms with E-state index in [1.54, 1.807) is 12.1 Å². The van der Waals surface area contributed by atoms with E-state index in [0.717, 1.165) is 12.1 Å². The van der Waals surface area contributed by atoms with Gasteiger partial charge in [-0.1, -0.05) is 12.1 Å². The highest BCUT2D eigenvalue weighted by Crippen LogP contribution is 2.40. The minimum atomic E-state index is -1.08. The molecule has 1 unspecified atom stereocenters. The molecule has 0 bridgehead atoms. The number of rotatable bonds is 7. The Labute approximate surface area is 165 Å². The molecule has 2 rings (SSSR count). The summed E-state index contributed by atoms with van der Waals surface area (Å²) < 4.78 is 0. The molecule has 158 valence electrons. The highest BCUT2D eigenvalue weighted by molar-refractivity contribution is 5.75. The molecule has 0 spiro atoms. The van der Waals surface area contributed by atoms with Gasteiger partial charge in [-0.3, -0.25) is 9.59 Å². The number of aliphatic hydroxyl groups excluding tert-OH is 1. The number of likely N-dealkylation sites (N-methyl/N-ethyl adjacent to an activating group) is 1. The van der Waals surface area contributed by atoms with Gasteiger partial charge in [0.2, 0.25) is 0 Å². The number of aliphatic hydroxyl groups is 2. The lowest BCUT2D eigenvalue weighted by atomic mass is 9.72. The molecule has 0 saturated heterocycles. The number of carboxylic acids is 2. The number of carbonyl (C=O) groups is 2. The molecule has 1 aliphatic carbocycles. The van der Waals surface area contributed by atoms with Crippen LogP contribution >= 0.6 is 0 Å². The van der Waals surface area contributed by atoms with Crippen LogP contribution in [-0.2, 0) is 9.59 Å². The van der Waals surface area contributed by atoms with Crippen molar-refractivity contribution in [3.05, 3.63) is 29.8 Å². The summed E-state index contributed by atoms with van der Waals surface area (Å²) in [7, 11) is 3.99. The van der Waals surface area contributed by atoms with E-state index in [9.17, 15) is 24.9 Å². The van der Waals surface area contributed by atoms with Crippen LogP contribution in [0.3, 0.4) is 0 Å². The summed E-state index contributed by atoms with van der Waals surface area (Å²) in [5.74, 6) is -1.92. The molecule has 5 N–H and O–H groups in total. The predicted octanol–water partition coefficient (Wildman–Crippen LogP) is 1.64. The lowest BCUT2D eigenvalue weighted by molar-refractivity contribution is -0.143. The molecule has 8 nitrogen and oxygen atoms in total. The van der Waals surface area contributed by atoms with Gasteiger partial charge in [-0.15, -0.1) is 0 Å². The number of carboxylic acid groups (broad SMARTS) is 2. The van der Waals surface area contributed by atoms with E-state index in [1.807, 2.05) is 26.2 Å². The second kappa shape index (κ2) is 11.0. The fraction of sp³-hybridized carbons (Fsp3) is 0.600. The Balaban J connectivity index is 0.000000416. The predicted molar refractivity (Wildman–Crippen MR) is 103 cm³/mol. The Bertz CT molecular complexity index is 608. The maximum absolute atomic E-state index is 11.0. The van der Waals surface area contributed by atoms with Crippen molar-refractivity contribution < 1.29 is 35.1 Å². The van der Waals surface area contributed by atoms with Gasteiger partial charge < -0.3 is 30.4 Å². The molecule has 1 atom stereocenters. The van der Waals surface area contributed by atoms with Crippen molar-refractivity contribution in [3.63, 3.8) is 0 Å². The van der Waals surface area contributed by atoms with Crippen molar-refractivity contribution in [2.75, 3.05) is 20.6 Å². The third kappa shape index (κ3) is 8.24. The Kier molecular flexibility index (Phi) is 9.37. The summed E-state index contributed by atoms with van der Waals surface area (Å²) >= 11 is 0. The van der Waals surface area contributed by atoms with Gasteiger partial charge in [0, 0.05) is 12.5 Å². The average molecular weight is 397 g/mol. The standard InChI is InChI=1S/C16H25NO3.C4H6O4/c1-17(2)11-15(12-3-5-13(18)6-4-12)16(20)9-7-14(19)8-10-16;5-3(6)1-2-4(7)8/h3-6,14-15,18-20H,7-11H2,1-2H3;1-2H2,(H,5,6)(H,7,8). The van der Waals surface area contributed by atoms with E-state index in [1.165, 1.54) is 0 Å². The van der Waals surface area contributed by atoms with Crippen LogP contribution < -0.4 is 0 Å². The normalized spacial score (nSPS) is 22.8. The van der Waals surface area contributed by atoms with E-state index in [-0.39, 0.29) is 30.6 Å². The molecule has 28 heavy (non-hydrogen) atoms. The number of hydrogen-bond acceptors (Lipinski definition) is 6. The summed E-state index contributed by atoms with van der Waals surface area (Å²) in [6.07, 6.45) is 1.66. The van der Waals surface area contributed by atoms with E-state index in [4.69, 9.17) is 10.2 Å². The fourth-order valence-electron chi connectivity index (χ4n) is 3.32. The number of aliphatic carboxylic acids is 2. The van der Waals surface area contributed by atoms with Gasteiger partial charge in [0.05, 0.1) is 24.5 Å². The summed E-state index contributed by atoms with van der Waals surface area (Å²) in [5, 5.41) is 45.9. The van der Waals surface area contributed by atoms with E-state index < -0.39 is 17.5 Å². The maximum atomic E-state index is 11.0. The van der Waals surface area contributed by atoms with E-state index in [2.05, 4.69) is 4.90 Å². The molecule has 0 aromatic heterocycles. The zero-order chi connectivity index (χ0) is 21.3. The Morgan fingerprint density at radius 2 is 1.54 bits per heavy atom.